The van der Waals surface area contributed by atoms with Gasteiger partial charge in [0.25, 0.3) is 11.8 Å². The topological polar surface area (TPSA) is 95.1 Å². The van der Waals surface area contributed by atoms with Gasteiger partial charge in [-0.15, -0.1) is 0 Å². The zero-order valence-corrected chi connectivity index (χ0v) is 17.4. The molecule has 0 radical (unpaired) electrons. The van der Waals surface area contributed by atoms with E-state index in [0.29, 0.717) is 23.0 Å². The van der Waals surface area contributed by atoms with Gasteiger partial charge in [-0.05, 0) is 50.1 Å². The van der Waals surface area contributed by atoms with Crippen molar-refractivity contribution in [2.75, 3.05) is 21.3 Å². The number of nitrogens with one attached hydrogen (secondary N) is 2. The molecule has 0 saturated heterocycles. The van der Waals surface area contributed by atoms with Crippen molar-refractivity contribution in [3.05, 3.63) is 47.0 Å². The molecule has 0 aliphatic carbocycles. The summed E-state index contributed by atoms with van der Waals surface area (Å²) in [6, 6.07) is 8.58. The molecule has 2 aromatic rings. The maximum absolute atomic E-state index is 12.4. The van der Waals surface area contributed by atoms with E-state index in [-0.39, 0.29) is 5.56 Å². The third-order valence-corrected chi connectivity index (χ3v) is 4.45. The molecule has 0 aliphatic rings. The first-order valence-electron chi connectivity index (χ1n) is 8.95. The molecule has 0 unspecified atom stereocenters. The summed E-state index contributed by atoms with van der Waals surface area (Å²) in [5.41, 5.74) is 6.96. The van der Waals surface area contributed by atoms with Gasteiger partial charge in [0.2, 0.25) is 5.75 Å². The van der Waals surface area contributed by atoms with E-state index in [2.05, 4.69) is 10.9 Å². The van der Waals surface area contributed by atoms with Crippen LogP contribution in [0.15, 0.2) is 30.3 Å². The van der Waals surface area contributed by atoms with Crippen molar-refractivity contribution in [1.82, 2.24) is 10.9 Å². The lowest BCUT2D eigenvalue weighted by atomic mass is 10.1. The Kier molecular flexibility index (Phi) is 7.30. The number of amides is 2. The average molecular weight is 402 g/mol. The zero-order chi connectivity index (χ0) is 21.6. The highest BCUT2D eigenvalue weighted by atomic mass is 16.5. The van der Waals surface area contributed by atoms with Gasteiger partial charge in [0, 0.05) is 5.56 Å². The first kappa shape index (κ1) is 21.9. The Morgan fingerprint density at radius 3 is 2.07 bits per heavy atom. The second-order valence-corrected chi connectivity index (χ2v) is 6.32. The van der Waals surface area contributed by atoms with Crippen molar-refractivity contribution in [2.24, 2.45) is 0 Å². The molecule has 0 saturated carbocycles. The molecule has 156 valence electrons. The Morgan fingerprint density at radius 1 is 0.897 bits per heavy atom. The largest absolute Gasteiger partial charge is 0.493 e. The molecule has 0 aliphatic heterocycles. The lowest BCUT2D eigenvalue weighted by Crippen LogP contribution is -2.47. The molecule has 2 aromatic carbocycles. The number of ether oxygens (including phenoxy) is 4. The fourth-order valence-corrected chi connectivity index (χ4v) is 2.60. The monoisotopic (exact) mass is 402 g/mol. The van der Waals surface area contributed by atoms with Gasteiger partial charge in [-0.1, -0.05) is 12.1 Å². The Labute approximate surface area is 170 Å². The molecule has 29 heavy (non-hydrogen) atoms. The maximum Gasteiger partial charge on any atom is 0.279 e. The van der Waals surface area contributed by atoms with Crippen molar-refractivity contribution >= 4 is 11.8 Å². The highest BCUT2D eigenvalue weighted by Gasteiger charge is 2.20. The molecule has 1 atom stereocenters. The van der Waals surface area contributed by atoms with Crippen LogP contribution in [0.4, 0.5) is 0 Å². The van der Waals surface area contributed by atoms with Gasteiger partial charge in [0.15, 0.2) is 17.6 Å². The van der Waals surface area contributed by atoms with E-state index < -0.39 is 17.9 Å². The van der Waals surface area contributed by atoms with Crippen LogP contribution in [0.2, 0.25) is 0 Å². The van der Waals surface area contributed by atoms with Crippen molar-refractivity contribution in [2.45, 2.75) is 26.9 Å². The lowest BCUT2D eigenvalue weighted by Gasteiger charge is -2.18. The first-order chi connectivity index (χ1) is 13.8. The van der Waals surface area contributed by atoms with Gasteiger partial charge >= 0.3 is 0 Å². The van der Waals surface area contributed by atoms with Gasteiger partial charge in [0.1, 0.15) is 5.75 Å². The Bertz CT molecular complexity index is 872. The molecule has 0 spiro atoms. The highest BCUT2D eigenvalue weighted by molar-refractivity contribution is 5.97. The van der Waals surface area contributed by atoms with Crippen molar-refractivity contribution < 1.29 is 28.5 Å². The van der Waals surface area contributed by atoms with Crippen molar-refractivity contribution in [1.29, 1.82) is 0 Å². The third kappa shape index (κ3) is 5.10. The van der Waals surface area contributed by atoms with Crippen LogP contribution < -0.4 is 29.8 Å². The number of carbonyl (C=O) groups excluding carboxylic acids is 2. The molecule has 2 amide bonds. The van der Waals surface area contributed by atoms with Crippen molar-refractivity contribution in [3.63, 3.8) is 0 Å². The second kappa shape index (κ2) is 9.68. The Hall–Kier alpha value is -3.42. The molecule has 2 N–H and O–H groups in total. The first-order valence-corrected chi connectivity index (χ1v) is 8.95. The van der Waals surface area contributed by atoms with E-state index in [1.807, 2.05) is 26.0 Å². The molecule has 8 heteroatoms. The van der Waals surface area contributed by atoms with Crippen LogP contribution in [0.1, 0.15) is 28.4 Å². The summed E-state index contributed by atoms with van der Waals surface area (Å²) in [5.74, 6) is 0.600. The zero-order valence-electron chi connectivity index (χ0n) is 17.4. The van der Waals surface area contributed by atoms with Crippen LogP contribution >= 0.6 is 0 Å². The molecule has 0 aromatic heterocycles. The van der Waals surface area contributed by atoms with E-state index >= 15 is 0 Å². The Morgan fingerprint density at radius 2 is 1.52 bits per heavy atom. The summed E-state index contributed by atoms with van der Waals surface area (Å²) in [4.78, 5) is 24.8. The van der Waals surface area contributed by atoms with Gasteiger partial charge in [-0.25, -0.2) is 0 Å². The van der Waals surface area contributed by atoms with Crippen LogP contribution in [0, 0.1) is 13.8 Å². The number of hydrazine groups is 1. The van der Waals surface area contributed by atoms with Crippen LogP contribution in [0.5, 0.6) is 23.0 Å². The van der Waals surface area contributed by atoms with Crippen molar-refractivity contribution in [3.8, 4) is 23.0 Å². The second-order valence-electron chi connectivity index (χ2n) is 6.32. The number of methoxy groups -OCH3 is 3. The maximum atomic E-state index is 12.4. The Balaban J connectivity index is 2.04. The molecule has 0 bridgehead atoms. The summed E-state index contributed by atoms with van der Waals surface area (Å²) < 4.78 is 21.4. The third-order valence-electron chi connectivity index (χ3n) is 4.45. The van der Waals surface area contributed by atoms with Crippen LogP contribution in [0.3, 0.4) is 0 Å². The number of hydrogen-bond acceptors (Lipinski definition) is 6. The average Bonchev–Trinajstić information content (AvgIpc) is 2.73. The van der Waals surface area contributed by atoms with E-state index in [4.69, 9.17) is 18.9 Å². The van der Waals surface area contributed by atoms with E-state index in [0.717, 1.165) is 11.1 Å². The minimum Gasteiger partial charge on any atom is -0.493 e. The van der Waals surface area contributed by atoms with E-state index in [1.165, 1.54) is 33.5 Å². The van der Waals surface area contributed by atoms with Gasteiger partial charge in [-0.2, -0.15) is 0 Å². The summed E-state index contributed by atoms with van der Waals surface area (Å²) in [7, 11) is 4.37. The number of benzene rings is 2. The lowest BCUT2D eigenvalue weighted by molar-refractivity contribution is -0.128. The molecular weight excluding hydrogens is 376 g/mol. The van der Waals surface area contributed by atoms with Crippen LogP contribution in [-0.2, 0) is 4.79 Å². The van der Waals surface area contributed by atoms with E-state index in [1.54, 1.807) is 13.0 Å². The predicted molar refractivity (Wildman–Crippen MR) is 108 cm³/mol. The fourth-order valence-electron chi connectivity index (χ4n) is 2.60. The number of rotatable bonds is 7. The van der Waals surface area contributed by atoms with Gasteiger partial charge < -0.3 is 18.9 Å². The number of carbonyl (C=O) groups is 2. The smallest absolute Gasteiger partial charge is 0.279 e. The number of aryl methyl sites for hydroxylation is 1. The standard InChI is InChI=1S/C21H26N2O6/c1-12-8-7-9-16(13(12)2)29-14(3)20(24)22-23-21(25)15-10-17(26-4)19(28-6)18(11-15)27-5/h7-11,14H,1-6H3,(H,22,24)(H,23,25)/t14-/m1/s1. The minimum atomic E-state index is -0.810. The van der Waals surface area contributed by atoms with E-state index in [9.17, 15) is 9.59 Å². The van der Waals surface area contributed by atoms with Crippen LogP contribution in [-0.4, -0.2) is 39.2 Å². The minimum absolute atomic E-state index is 0.225. The summed E-state index contributed by atoms with van der Waals surface area (Å²) in [6.07, 6.45) is -0.810. The molecule has 0 fully saturated rings. The van der Waals surface area contributed by atoms with Gasteiger partial charge in [-0.3, -0.25) is 20.4 Å². The summed E-state index contributed by atoms with van der Waals surface area (Å²) in [5, 5.41) is 0. The summed E-state index contributed by atoms with van der Waals surface area (Å²) in [6.45, 7) is 5.48. The normalized spacial score (nSPS) is 11.2. The molecule has 8 nitrogen and oxygen atoms in total. The summed E-state index contributed by atoms with van der Waals surface area (Å²) >= 11 is 0. The quantitative estimate of drug-likeness (QED) is 0.691. The van der Waals surface area contributed by atoms with Gasteiger partial charge in [0.05, 0.1) is 21.3 Å². The highest BCUT2D eigenvalue weighted by Crippen LogP contribution is 2.38. The molecule has 2 rings (SSSR count). The fraction of sp³-hybridized carbons (Fsp3) is 0.333. The molecule has 0 heterocycles. The SMILES string of the molecule is COc1cc(C(=O)NNC(=O)[C@@H](C)Oc2cccc(C)c2C)cc(OC)c1OC. The molecular formula is C21H26N2O6. The van der Waals surface area contributed by atoms with Crippen LogP contribution in [0.25, 0.3) is 0 Å². The number of hydrogen-bond donors (Lipinski definition) is 2. The predicted octanol–water partition coefficient (Wildman–Crippen LogP) is 2.56.